The maximum Gasteiger partial charge on any atom is 0.213 e. The molecule has 0 saturated carbocycles. The second-order valence-corrected chi connectivity index (χ2v) is 10.6. The van der Waals surface area contributed by atoms with Gasteiger partial charge in [-0.1, -0.05) is 51.6 Å². The lowest BCUT2D eigenvalue weighted by Gasteiger charge is -2.15. The molecule has 0 amide bonds. The number of fused-ring (bicyclic) bond motifs is 1. The number of hydrogen-bond acceptors (Lipinski definition) is 5. The number of nitrogens with zero attached hydrogens (tertiary/aromatic N) is 3. The molecule has 3 aromatic heterocycles. The molecule has 3 heterocycles. The van der Waals surface area contributed by atoms with Crippen molar-refractivity contribution in [3.8, 4) is 17.1 Å². The van der Waals surface area contributed by atoms with Gasteiger partial charge in [-0.25, -0.2) is 23.7 Å². The van der Waals surface area contributed by atoms with Crippen molar-refractivity contribution < 1.29 is 13.5 Å². The van der Waals surface area contributed by atoms with Gasteiger partial charge < -0.3 is 10.1 Å². The maximum absolute atomic E-state index is 15.0. The smallest absolute Gasteiger partial charge is 0.213 e. The van der Waals surface area contributed by atoms with E-state index in [4.69, 9.17) is 16.3 Å². The minimum Gasteiger partial charge on any atom is -0.473 e. The van der Waals surface area contributed by atoms with Crippen LogP contribution in [-0.4, -0.2) is 34.6 Å². The lowest BCUT2D eigenvalue weighted by atomic mass is 10.1. The first-order valence-electron chi connectivity index (χ1n) is 11.2. The van der Waals surface area contributed by atoms with E-state index in [1.807, 2.05) is 13.8 Å². The van der Waals surface area contributed by atoms with Gasteiger partial charge >= 0.3 is 0 Å². The van der Waals surface area contributed by atoms with Gasteiger partial charge in [-0.2, -0.15) is 0 Å². The standard InChI is InChI=1S/C24H22ClF2N4OP.C2H6/c1-14-21(25)24(29-11-15-6-4-5-7-17(15)26)23-19(30-14)10-18(27)22(31-23)16-8-9-20(28-12-16)32-13-33(2)3;1-2/h4-10,12H,11,13H2,1-3H3,(H,29,30);1-2H3. The van der Waals surface area contributed by atoms with Crippen molar-refractivity contribution in [2.24, 2.45) is 0 Å². The molecule has 0 aliphatic rings. The lowest BCUT2D eigenvalue weighted by molar-refractivity contribution is 0.373. The molecule has 1 aromatic carbocycles. The second-order valence-electron chi connectivity index (χ2n) is 7.76. The highest BCUT2D eigenvalue weighted by Gasteiger charge is 2.17. The topological polar surface area (TPSA) is 59.9 Å². The van der Waals surface area contributed by atoms with Crippen LogP contribution in [0.3, 0.4) is 0 Å². The number of rotatable bonds is 7. The van der Waals surface area contributed by atoms with Gasteiger partial charge in [0, 0.05) is 36.0 Å². The molecule has 1 N–H and O–H groups in total. The van der Waals surface area contributed by atoms with E-state index in [9.17, 15) is 8.78 Å². The molecule has 5 nitrogen and oxygen atoms in total. The Hall–Kier alpha value is -2.89. The molecule has 9 heteroatoms. The number of halogens is 3. The summed E-state index contributed by atoms with van der Waals surface area (Å²) in [6.07, 6.45) is 2.13. The van der Waals surface area contributed by atoms with Gasteiger partial charge in [0.05, 0.1) is 21.9 Å². The predicted molar refractivity (Wildman–Crippen MR) is 142 cm³/mol. The summed E-state index contributed by atoms with van der Waals surface area (Å²) in [6, 6.07) is 11.2. The largest absolute Gasteiger partial charge is 0.473 e. The average Bonchev–Trinajstić information content (AvgIpc) is 2.85. The number of aryl methyl sites for hydroxylation is 1. The Morgan fingerprint density at radius 3 is 2.43 bits per heavy atom. The summed E-state index contributed by atoms with van der Waals surface area (Å²) in [5.74, 6) is -0.385. The van der Waals surface area contributed by atoms with Crippen molar-refractivity contribution in [1.82, 2.24) is 15.0 Å². The fraction of sp³-hybridized carbons (Fsp3) is 0.269. The molecule has 0 fully saturated rings. The molecular weight excluding hydrogens is 489 g/mol. The number of hydrogen-bond donors (Lipinski definition) is 1. The third-order valence-electron chi connectivity index (χ3n) is 4.91. The molecule has 4 aromatic rings. The Bertz CT molecular complexity index is 1300. The zero-order chi connectivity index (χ0) is 25.5. The highest BCUT2D eigenvalue weighted by atomic mass is 35.5. The van der Waals surface area contributed by atoms with Crippen LogP contribution < -0.4 is 10.1 Å². The van der Waals surface area contributed by atoms with Crippen molar-refractivity contribution >= 4 is 36.2 Å². The first-order chi connectivity index (χ1) is 16.8. The molecule has 0 unspecified atom stereocenters. The quantitative estimate of drug-likeness (QED) is 0.256. The molecule has 0 aliphatic carbocycles. The average molecular weight is 517 g/mol. The first-order valence-corrected chi connectivity index (χ1v) is 14.0. The Kier molecular flexibility index (Phi) is 9.30. The fourth-order valence-corrected chi connectivity index (χ4v) is 3.84. The van der Waals surface area contributed by atoms with Crippen LogP contribution in [-0.2, 0) is 6.54 Å². The van der Waals surface area contributed by atoms with E-state index in [0.717, 1.165) is 0 Å². The van der Waals surface area contributed by atoms with Crippen molar-refractivity contribution in [3.05, 3.63) is 76.6 Å². The lowest BCUT2D eigenvalue weighted by Crippen LogP contribution is -2.06. The minimum absolute atomic E-state index is 0.116. The maximum atomic E-state index is 15.0. The normalized spacial score (nSPS) is 10.8. The van der Waals surface area contributed by atoms with Crippen LogP contribution in [0.15, 0.2) is 48.7 Å². The van der Waals surface area contributed by atoms with Crippen LogP contribution in [0.1, 0.15) is 25.1 Å². The molecule has 0 bridgehead atoms. The van der Waals surface area contributed by atoms with Gasteiger partial charge in [0.2, 0.25) is 5.88 Å². The van der Waals surface area contributed by atoms with E-state index < -0.39 is 5.82 Å². The van der Waals surface area contributed by atoms with E-state index in [-0.39, 0.29) is 26.0 Å². The van der Waals surface area contributed by atoms with E-state index in [2.05, 4.69) is 33.6 Å². The highest BCUT2D eigenvalue weighted by molar-refractivity contribution is 7.55. The number of benzene rings is 1. The van der Waals surface area contributed by atoms with E-state index in [0.29, 0.717) is 50.8 Å². The molecule has 184 valence electrons. The zero-order valence-electron chi connectivity index (χ0n) is 20.4. The number of pyridine rings is 3. The molecule has 0 saturated heterocycles. The van der Waals surface area contributed by atoms with E-state index in [1.54, 1.807) is 37.3 Å². The highest BCUT2D eigenvalue weighted by Crippen LogP contribution is 2.34. The van der Waals surface area contributed by atoms with Gasteiger partial charge in [0.1, 0.15) is 23.4 Å². The van der Waals surface area contributed by atoms with Crippen molar-refractivity contribution in [2.75, 3.05) is 25.0 Å². The first kappa shape index (κ1) is 26.7. The fourth-order valence-electron chi connectivity index (χ4n) is 3.25. The van der Waals surface area contributed by atoms with Crippen LogP contribution >= 0.6 is 19.5 Å². The minimum atomic E-state index is -0.530. The summed E-state index contributed by atoms with van der Waals surface area (Å²) >= 11 is 6.52. The Labute approximate surface area is 210 Å². The summed E-state index contributed by atoms with van der Waals surface area (Å²) in [5, 5.41) is 3.51. The number of anilines is 1. The number of aromatic nitrogens is 3. The monoisotopic (exact) mass is 516 g/mol. The predicted octanol–water partition coefficient (Wildman–Crippen LogP) is 7.65. The summed E-state index contributed by atoms with van der Waals surface area (Å²) in [4.78, 5) is 13.2. The van der Waals surface area contributed by atoms with Crippen LogP contribution in [0.4, 0.5) is 14.5 Å². The van der Waals surface area contributed by atoms with Crippen LogP contribution in [0.5, 0.6) is 5.88 Å². The van der Waals surface area contributed by atoms with Crippen molar-refractivity contribution in [3.63, 3.8) is 0 Å². The summed E-state index contributed by atoms with van der Waals surface area (Å²) in [6.45, 7) is 10.1. The van der Waals surface area contributed by atoms with Gasteiger partial charge in [0.25, 0.3) is 0 Å². The van der Waals surface area contributed by atoms with Crippen molar-refractivity contribution in [2.45, 2.75) is 27.3 Å². The molecule has 0 spiro atoms. The molecule has 0 atom stereocenters. The van der Waals surface area contributed by atoms with Gasteiger partial charge in [-0.05, 0) is 32.4 Å². The van der Waals surface area contributed by atoms with Gasteiger partial charge in [-0.3, -0.25) is 0 Å². The Morgan fingerprint density at radius 1 is 1.03 bits per heavy atom. The molecule has 35 heavy (non-hydrogen) atoms. The number of ether oxygens (including phenoxy) is 1. The summed E-state index contributed by atoms with van der Waals surface area (Å²) < 4.78 is 34.7. The summed E-state index contributed by atoms with van der Waals surface area (Å²) in [5.41, 5.74) is 2.81. The zero-order valence-corrected chi connectivity index (χ0v) is 22.0. The summed E-state index contributed by atoms with van der Waals surface area (Å²) in [7, 11) is -0.218. The van der Waals surface area contributed by atoms with E-state index in [1.165, 1.54) is 18.3 Å². The van der Waals surface area contributed by atoms with Gasteiger partial charge in [-0.15, -0.1) is 0 Å². The van der Waals surface area contributed by atoms with Crippen LogP contribution in [0.2, 0.25) is 5.02 Å². The van der Waals surface area contributed by atoms with Crippen LogP contribution in [0.25, 0.3) is 22.3 Å². The van der Waals surface area contributed by atoms with Crippen molar-refractivity contribution in [1.29, 1.82) is 0 Å². The second kappa shape index (κ2) is 12.2. The van der Waals surface area contributed by atoms with Gasteiger partial charge in [0.15, 0.2) is 5.82 Å². The Balaban J connectivity index is 0.00000167. The molecule has 0 aliphatic heterocycles. The molecule has 0 radical (unpaired) electrons. The van der Waals surface area contributed by atoms with Crippen LogP contribution in [0, 0.1) is 18.6 Å². The Morgan fingerprint density at radius 2 is 1.77 bits per heavy atom. The van der Waals surface area contributed by atoms with E-state index >= 15 is 0 Å². The SMILES string of the molecule is CC.Cc1nc2cc(F)c(-c3ccc(OCP(C)C)nc3)nc2c(NCc2ccccc2F)c1Cl. The number of nitrogens with one attached hydrogen (secondary N) is 1. The third-order valence-corrected chi connectivity index (χ3v) is 6.02. The third kappa shape index (κ3) is 6.41. The molecule has 4 rings (SSSR count). The molecular formula is C26H28ClF2N4OP.